The number of hydrogen-bond acceptors (Lipinski definition) is 4. The van der Waals surface area contributed by atoms with Gasteiger partial charge in [0.05, 0.1) is 16.8 Å². The minimum Gasteiger partial charge on any atom is -0.398 e. The average Bonchev–Trinajstić information content (AvgIpc) is 2.53. The van der Waals surface area contributed by atoms with Gasteiger partial charge in [-0.3, -0.25) is 9.59 Å². The molecule has 0 spiro atoms. The van der Waals surface area contributed by atoms with Crippen LogP contribution in [0.3, 0.4) is 0 Å². The van der Waals surface area contributed by atoms with E-state index in [2.05, 4.69) is 12.2 Å². The molecule has 110 valence electrons. The van der Waals surface area contributed by atoms with Crippen LogP contribution in [0.5, 0.6) is 0 Å². The molecule has 0 saturated heterocycles. The van der Waals surface area contributed by atoms with E-state index < -0.39 is 0 Å². The second kappa shape index (κ2) is 5.48. The summed E-state index contributed by atoms with van der Waals surface area (Å²) in [5.41, 5.74) is 9.49. The van der Waals surface area contributed by atoms with Crippen LogP contribution in [0.4, 0.5) is 5.69 Å². The summed E-state index contributed by atoms with van der Waals surface area (Å²) in [6, 6.07) is 7.96. The highest BCUT2D eigenvalue weighted by atomic mass is 16.1. The lowest BCUT2D eigenvalue weighted by Gasteiger charge is -2.21. The topological polar surface area (TPSA) is 72.2 Å². The molecule has 22 heavy (non-hydrogen) atoms. The lowest BCUT2D eigenvalue weighted by atomic mass is 9.86. The summed E-state index contributed by atoms with van der Waals surface area (Å²) < 4.78 is 0. The van der Waals surface area contributed by atoms with Gasteiger partial charge in [-0.2, -0.15) is 0 Å². The standard InChI is InChI=1S/C18H16N2O2/c1-2-11-3-5-12(6-4-11)20-14-8-10-15(21)17-13(19)7-9-16(22)18(14)17/h3-10,20H,2,19H2,1H3. The number of nitrogens with one attached hydrogen (secondary N) is 1. The highest BCUT2D eigenvalue weighted by molar-refractivity contribution is 6.23. The van der Waals surface area contributed by atoms with Crippen molar-refractivity contribution in [2.45, 2.75) is 13.3 Å². The van der Waals surface area contributed by atoms with E-state index in [0.717, 1.165) is 12.1 Å². The number of hydrogen-bond donors (Lipinski definition) is 2. The molecule has 3 rings (SSSR count). The van der Waals surface area contributed by atoms with E-state index >= 15 is 0 Å². The van der Waals surface area contributed by atoms with Crippen LogP contribution in [0.2, 0.25) is 0 Å². The van der Waals surface area contributed by atoms with E-state index in [9.17, 15) is 9.59 Å². The van der Waals surface area contributed by atoms with E-state index in [1.54, 1.807) is 6.08 Å². The lowest BCUT2D eigenvalue weighted by molar-refractivity contribution is -0.114. The van der Waals surface area contributed by atoms with E-state index in [0.29, 0.717) is 17.0 Å². The Kier molecular flexibility index (Phi) is 3.51. The molecule has 1 aromatic rings. The van der Waals surface area contributed by atoms with Gasteiger partial charge in [0.1, 0.15) is 0 Å². The van der Waals surface area contributed by atoms with Gasteiger partial charge in [-0.05, 0) is 48.4 Å². The van der Waals surface area contributed by atoms with E-state index in [-0.39, 0.29) is 17.1 Å². The fourth-order valence-corrected chi connectivity index (χ4v) is 2.54. The first kappa shape index (κ1) is 14.1. The molecule has 0 aromatic heterocycles. The molecule has 0 heterocycles. The number of rotatable bonds is 3. The quantitative estimate of drug-likeness (QED) is 0.897. The van der Waals surface area contributed by atoms with Gasteiger partial charge < -0.3 is 11.1 Å². The zero-order valence-electron chi connectivity index (χ0n) is 12.2. The molecular weight excluding hydrogens is 276 g/mol. The Hall–Kier alpha value is -2.88. The third-order valence-electron chi connectivity index (χ3n) is 3.76. The molecule has 4 heteroatoms. The molecule has 0 atom stereocenters. The molecule has 2 aliphatic carbocycles. The Morgan fingerprint density at radius 1 is 0.909 bits per heavy atom. The van der Waals surface area contributed by atoms with E-state index in [1.165, 1.54) is 23.8 Å². The molecule has 0 bridgehead atoms. The van der Waals surface area contributed by atoms with Gasteiger partial charge in [-0.15, -0.1) is 0 Å². The molecule has 2 aliphatic rings. The molecule has 0 fully saturated rings. The third-order valence-corrected chi connectivity index (χ3v) is 3.76. The molecule has 0 aliphatic heterocycles. The molecule has 0 amide bonds. The van der Waals surface area contributed by atoms with Crippen LogP contribution >= 0.6 is 0 Å². The number of fused-ring (bicyclic) bond motifs is 1. The van der Waals surface area contributed by atoms with Gasteiger partial charge in [0.2, 0.25) is 0 Å². The maximum atomic E-state index is 12.2. The first-order valence-electron chi connectivity index (χ1n) is 7.15. The molecule has 0 unspecified atom stereocenters. The zero-order valence-corrected chi connectivity index (χ0v) is 12.2. The number of allylic oxidation sites excluding steroid dienone is 6. The third kappa shape index (κ3) is 2.39. The van der Waals surface area contributed by atoms with Crippen molar-refractivity contribution in [3.63, 3.8) is 0 Å². The maximum Gasteiger partial charge on any atom is 0.188 e. The fraction of sp³-hybridized carbons (Fsp3) is 0.111. The van der Waals surface area contributed by atoms with Crippen LogP contribution in [-0.4, -0.2) is 11.6 Å². The predicted octanol–water partition coefficient (Wildman–Crippen LogP) is 2.41. The first-order chi connectivity index (χ1) is 10.6. The van der Waals surface area contributed by atoms with Crippen molar-refractivity contribution in [3.05, 3.63) is 76.7 Å². The predicted molar refractivity (Wildman–Crippen MR) is 86.0 cm³/mol. The van der Waals surface area contributed by atoms with Crippen molar-refractivity contribution >= 4 is 17.3 Å². The Bertz CT molecular complexity index is 778. The summed E-state index contributed by atoms with van der Waals surface area (Å²) in [6.07, 6.45) is 6.89. The number of carbonyl (C=O) groups is 2. The van der Waals surface area contributed by atoms with Crippen molar-refractivity contribution in [1.82, 2.24) is 0 Å². The summed E-state index contributed by atoms with van der Waals surface area (Å²) >= 11 is 0. The van der Waals surface area contributed by atoms with Crippen LogP contribution in [-0.2, 0) is 16.0 Å². The Morgan fingerprint density at radius 3 is 2.23 bits per heavy atom. The van der Waals surface area contributed by atoms with Crippen LogP contribution in [0.15, 0.2) is 71.1 Å². The smallest absolute Gasteiger partial charge is 0.188 e. The molecule has 3 N–H and O–H groups in total. The van der Waals surface area contributed by atoms with Crippen molar-refractivity contribution in [3.8, 4) is 0 Å². The number of carbonyl (C=O) groups excluding carboxylic acids is 2. The molecule has 1 aromatic carbocycles. The summed E-state index contributed by atoms with van der Waals surface area (Å²) in [6.45, 7) is 2.09. The summed E-state index contributed by atoms with van der Waals surface area (Å²) in [4.78, 5) is 24.2. The monoisotopic (exact) mass is 292 g/mol. The molecule has 0 saturated carbocycles. The summed E-state index contributed by atoms with van der Waals surface area (Å²) in [5, 5.41) is 3.20. The van der Waals surface area contributed by atoms with Crippen LogP contribution < -0.4 is 11.1 Å². The number of benzene rings is 1. The largest absolute Gasteiger partial charge is 0.398 e. The first-order valence-corrected chi connectivity index (χ1v) is 7.15. The normalized spacial score (nSPS) is 17.1. The Balaban J connectivity index is 2.01. The molecule has 0 radical (unpaired) electrons. The summed E-state index contributed by atoms with van der Waals surface area (Å²) in [7, 11) is 0. The van der Waals surface area contributed by atoms with Gasteiger partial charge in [0.25, 0.3) is 0 Å². The van der Waals surface area contributed by atoms with Gasteiger partial charge in [-0.25, -0.2) is 0 Å². The van der Waals surface area contributed by atoms with Crippen LogP contribution in [0.1, 0.15) is 12.5 Å². The number of anilines is 1. The highest BCUT2D eigenvalue weighted by Crippen LogP contribution is 2.29. The van der Waals surface area contributed by atoms with Crippen molar-refractivity contribution in [1.29, 1.82) is 0 Å². The van der Waals surface area contributed by atoms with Gasteiger partial charge in [-0.1, -0.05) is 19.1 Å². The maximum absolute atomic E-state index is 12.2. The number of nitrogens with two attached hydrogens (primary N) is 1. The number of aryl methyl sites for hydroxylation is 1. The van der Waals surface area contributed by atoms with Crippen LogP contribution in [0.25, 0.3) is 0 Å². The SMILES string of the molecule is CCc1ccc(NC2=C3C(=O)C=CC(N)=C3C(=O)C=C2)cc1. The van der Waals surface area contributed by atoms with Gasteiger partial charge in [0, 0.05) is 11.4 Å². The Labute approximate surface area is 128 Å². The number of ketones is 2. The zero-order chi connectivity index (χ0) is 15.7. The molecular formula is C18H16N2O2. The average molecular weight is 292 g/mol. The second-order valence-electron chi connectivity index (χ2n) is 5.19. The minimum atomic E-state index is -0.239. The van der Waals surface area contributed by atoms with Gasteiger partial charge >= 0.3 is 0 Å². The van der Waals surface area contributed by atoms with E-state index in [4.69, 9.17) is 5.73 Å². The van der Waals surface area contributed by atoms with Gasteiger partial charge in [0.15, 0.2) is 11.6 Å². The van der Waals surface area contributed by atoms with E-state index in [1.807, 2.05) is 24.3 Å². The minimum absolute atomic E-state index is 0.213. The van der Waals surface area contributed by atoms with Crippen LogP contribution in [0, 0.1) is 0 Å². The lowest BCUT2D eigenvalue weighted by Crippen LogP contribution is -2.24. The Morgan fingerprint density at radius 2 is 1.55 bits per heavy atom. The van der Waals surface area contributed by atoms with Crippen molar-refractivity contribution < 1.29 is 9.59 Å². The molecule has 4 nitrogen and oxygen atoms in total. The highest BCUT2D eigenvalue weighted by Gasteiger charge is 2.29. The second-order valence-corrected chi connectivity index (χ2v) is 5.19. The summed E-state index contributed by atoms with van der Waals surface area (Å²) in [5.74, 6) is -0.452. The van der Waals surface area contributed by atoms with Crippen molar-refractivity contribution in [2.75, 3.05) is 5.32 Å². The fourth-order valence-electron chi connectivity index (χ4n) is 2.54. The van der Waals surface area contributed by atoms with Crippen molar-refractivity contribution in [2.24, 2.45) is 5.73 Å².